The molecule has 2 aromatic carbocycles. The Balaban J connectivity index is 1.75. The number of benzene rings is 2. The number of rotatable bonds is 5. The molecule has 0 aliphatic rings. The Morgan fingerprint density at radius 3 is 2.46 bits per heavy atom. The van der Waals surface area contributed by atoms with E-state index in [2.05, 4.69) is 34.6 Å². The van der Waals surface area contributed by atoms with Crippen LogP contribution < -0.4 is 5.32 Å². The standard InChI is InChI=1S/C21H19N5OS/c1-3-15-9-11-16(12-10-15)19-18(20(27)22-21-24-23-14(2)28-21)13-26(25-19)17-7-5-4-6-8-17/h4-13H,3H2,1-2H3,(H,22,24,27). The van der Waals surface area contributed by atoms with Crippen molar-refractivity contribution in [3.8, 4) is 16.9 Å². The number of carbonyl (C=O) groups is 1. The first-order chi connectivity index (χ1) is 13.6. The van der Waals surface area contributed by atoms with Gasteiger partial charge in [-0.15, -0.1) is 10.2 Å². The second-order valence-corrected chi connectivity index (χ2v) is 7.48. The van der Waals surface area contributed by atoms with Crippen molar-refractivity contribution in [2.45, 2.75) is 20.3 Å². The molecule has 28 heavy (non-hydrogen) atoms. The van der Waals surface area contributed by atoms with Crippen LogP contribution in [0.1, 0.15) is 27.9 Å². The van der Waals surface area contributed by atoms with Gasteiger partial charge >= 0.3 is 0 Å². The first kappa shape index (κ1) is 18.1. The van der Waals surface area contributed by atoms with Gasteiger partial charge in [-0.05, 0) is 31.0 Å². The molecule has 0 saturated heterocycles. The monoisotopic (exact) mass is 389 g/mol. The van der Waals surface area contributed by atoms with Crippen LogP contribution in [0.15, 0.2) is 60.8 Å². The molecule has 1 amide bonds. The molecule has 0 spiro atoms. The minimum absolute atomic E-state index is 0.257. The number of nitrogens with one attached hydrogen (secondary N) is 1. The van der Waals surface area contributed by atoms with Crippen molar-refractivity contribution in [2.24, 2.45) is 0 Å². The van der Waals surface area contributed by atoms with Gasteiger partial charge in [0, 0.05) is 11.8 Å². The molecule has 7 heteroatoms. The zero-order valence-corrected chi connectivity index (χ0v) is 16.4. The van der Waals surface area contributed by atoms with E-state index in [0.717, 1.165) is 22.7 Å². The van der Waals surface area contributed by atoms with Crippen molar-refractivity contribution in [3.05, 3.63) is 76.9 Å². The third-order valence-corrected chi connectivity index (χ3v) is 5.12. The van der Waals surface area contributed by atoms with E-state index in [1.54, 1.807) is 10.9 Å². The first-order valence-corrected chi connectivity index (χ1v) is 9.81. The number of hydrogen-bond acceptors (Lipinski definition) is 5. The van der Waals surface area contributed by atoms with E-state index in [0.29, 0.717) is 16.4 Å². The fraction of sp³-hybridized carbons (Fsp3) is 0.143. The summed E-state index contributed by atoms with van der Waals surface area (Å²) in [6, 6.07) is 17.9. The lowest BCUT2D eigenvalue weighted by Gasteiger charge is -2.03. The second-order valence-electron chi connectivity index (χ2n) is 6.30. The van der Waals surface area contributed by atoms with Gasteiger partial charge in [0.2, 0.25) is 5.13 Å². The summed E-state index contributed by atoms with van der Waals surface area (Å²) in [4.78, 5) is 13.0. The normalized spacial score (nSPS) is 10.8. The summed E-state index contributed by atoms with van der Waals surface area (Å²) in [7, 11) is 0. The number of aryl methyl sites for hydroxylation is 2. The molecule has 0 atom stereocenters. The molecule has 4 rings (SSSR count). The quantitative estimate of drug-likeness (QED) is 0.545. The van der Waals surface area contributed by atoms with E-state index in [9.17, 15) is 4.79 Å². The molecule has 1 N–H and O–H groups in total. The van der Waals surface area contributed by atoms with Gasteiger partial charge in [-0.3, -0.25) is 10.1 Å². The number of para-hydroxylation sites is 1. The number of carbonyl (C=O) groups excluding carboxylic acids is 1. The largest absolute Gasteiger partial charge is 0.296 e. The van der Waals surface area contributed by atoms with Gasteiger partial charge in [0.25, 0.3) is 5.91 Å². The third kappa shape index (κ3) is 3.70. The van der Waals surface area contributed by atoms with Crippen LogP contribution in [0, 0.1) is 6.92 Å². The van der Waals surface area contributed by atoms with Crippen molar-refractivity contribution in [1.82, 2.24) is 20.0 Å². The Hall–Kier alpha value is -3.32. The van der Waals surface area contributed by atoms with Crippen LogP contribution in [0.2, 0.25) is 0 Å². The maximum absolute atomic E-state index is 13.0. The summed E-state index contributed by atoms with van der Waals surface area (Å²) in [5, 5.41) is 16.7. The molecule has 2 heterocycles. The summed E-state index contributed by atoms with van der Waals surface area (Å²) in [6.45, 7) is 3.96. The summed E-state index contributed by atoms with van der Waals surface area (Å²) in [5.74, 6) is -0.257. The zero-order chi connectivity index (χ0) is 19.5. The summed E-state index contributed by atoms with van der Waals surface area (Å²) < 4.78 is 1.73. The van der Waals surface area contributed by atoms with Crippen LogP contribution >= 0.6 is 11.3 Å². The Bertz CT molecular complexity index is 1100. The second kappa shape index (κ2) is 7.74. The number of hydrogen-bond donors (Lipinski definition) is 1. The van der Waals surface area contributed by atoms with Gasteiger partial charge < -0.3 is 0 Å². The lowest BCUT2D eigenvalue weighted by molar-refractivity contribution is 0.102. The number of nitrogens with zero attached hydrogens (tertiary/aromatic N) is 4. The first-order valence-electron chi connectivity index (χ1n) is 9.00. The third-order valence-electron chi connectivity index (χ3n) is 4.36. The minimum Gasteiger partial charge on any atom is -0.296 e. The maximum atomic E-state index is 13.0. The molecular formula is C21H19N5OS. The van der Waals surface area contributed by atoms with E-state index in [-0.39, 0.29) is 5.91 Å². The molecule has 0 saturated carbocycles. The van der Waals surface area contributed by atoms with Crippen molar-refractivity contribution in [1.29, 1.82) is 0 Å². The topological polar surface area (TPSA) is 72.7 Å². The predicted octanol–water partition coefficient (Wildman–Crippen LogP) is 4.51. The molecule has 0 fully saturated rings. The lowest BCUT2D eigenvalue weighted by atomic mass is 10.0. The fourth-order valence-corrected chi connectivity index (χ4v) is 3.46. The Morgan fingerprint density at radius 1 is 1.07 bits per heavy atom. The highest BCUT2D eigenvalue weighted by atomic mass is 32.1. The maximum Gasteiger partial charge on any atom is 0.261 e. The van der Waals surface area contributed by atoms with Gasteiger partial charge in [-0.25, -0.2) is 4.68 Å². The molecule has 0 radical (unpaired) electrons. The van der Waals surface area contributed by atoms with Crippen LogP contribution in [0.25, 0.3) is 16.9 Å². The molecule has 0 unspecified atom stereocenters. The molecule has 2 aromatic heterocycles. The molecule has 0 aliphatic heterocycles. The molecule has 0 aliphatic carbocycles. The lowest BCUT2D eigenvalue weighted by Crippen LogP contribution is -2.12. The van der Waals surface area contributed by atoms with Crippen LogP contribution in [-0.4, -0.2) is 25.9 Å². The Labute approximate surface area is 166 Å². The average molecular weight is 389 g/mol. The van der Waals surface area contributed by atoms with Crippen LogP contribution in [-0.2, 0) is 6.42 Å². The predicted molar refractivity (Wildman–Crippen MR) is 111 cm³/mol. The van der Waals surface area contributed by atoms with E-state index in [4.69, 9.17) is 5.10 Å². The van der Waals surface area contributed by atoms with Crippen LogP contribution in [0.3, 0.4) is 0 Å². The highest BCUT2D eigenvalue weighted by molar-refractivity contribution is 7.15. The molecule has 4 aromatic rings. The van der Waals surface area contributed by atoms with E-state index in [1.165, 1.54) is 16.9 Å². The Kier molecular flexibility index (Phi) is 4.99. The van der Waals surface area contributed by atoms with E-state index < -0.39 is 0 Å². The smallest absolute Gasteiger partial charge is 0.261 e. The van der Waals surface area contributed by atoms with Gasteiger partial charge in [-0.2, -0.15) is 5.10 Å². The van der Waals surface area contributed by atoms with Crippen molar-refractivity contribution >= 4 is 22.4 Å². The number of amides is 1. The average Bonchev–Trinajstić information content (AvgIpc) is 3.35. The van der Waals surface area contributed by atoms with Gasteiger partial charge in [-0.1, -0.05) is 60.7 Å². The number of anilines is 1. The van der Waals surface area contributed by atoms with Crippen molar-refractivity contribution in [2.75, 3.05) is 5.32 Å². The van der Waals surface area contributed by atoms with Gasteiger partial charge in [0.1, 0.15) is 10.7 Å². The van der Waals surface area contributed by atoms with Crippen LogP contribution in [0.4, 0.5) is 5.13 Å². The highest BCUT2D eigenvalue weighted by Crippen LogP contribution is 2.26. The number of aromatic nitrogens is 4. The SMILES string of the molecule is CCc1ccc(-c2nn(-c3ccccc3)cc2C(=O)Nc2nnc(C)s2)cc1. The highest BCUT2D eigenvalue weighted by Gasteiger charge is 2.20. The summed E-state index contributed by atoms with van der Waals surface area (Å²) >= 11 is 1.34. The van der Waals surface area contributed by atoms with E-state index in [1.807, 2.05) is 49.4 Å². The minimum atomic E-state index is -0.257. The molecule has 6 nitrogen and oxygen atoms in total. The van der Waals surface area contributed by atoms with Gasteiger partial charge in [0.05, 0.1) is 11.3 Å². The molecular weight excluding hydrogens is 370 g/mol. The van der Waals surface area contributed by atoms with Gasteiger partial charge in [0.15, 0.2) is 0 Å². The fourth-order valence-electron chi connectivity index (χ4n) is 2.88. The van der Waals surface area contributed by atoms with Crippen LogP contribution in [0.5, 0.6) is 0 Å². The molecule has 0 bridgehead atoms. The Morgan fingerprint density at radius 2 is 1.82 bits per heavy atom. The van der Waals surface area contributed by atoms with Crippen molar-refractivity contribution in [3.63, 3.8) is 0 Å². The van der Waals surface area contributed by atoms with Crippen molar-refractivity contribution < 1.29 is 4.79 Å². The summed E-state index contributed by atoms with van der Waals surface area (Å²) in [5.41, 5.74) is 4.14. The molecule has 140 valence electrons. The van der Waals surface area contributed by atoms with E-state index >= 15 is 0 Å². The zero-order valence-electron chi connectivity index (χ0n) is 15.6. The summed E-state index contributed by atoms with van der Waals surface area (Å²) in [6.07, 6.45) is 2.71.